The molecule has 1 aliphatic heterocycles. The quantitative estimate of drug-likeness (QED) is 0.630. The van der Waals surface area contributed by atoms with Crippen molar-refractivity contribution in [3.63, 3.8) is 0 Å². The van der Waals surface area contributed by atoms with Gasteiger partial charge in [-0.1, -0.05) is 6.07 Å². The normalized spacial score (nSPS) is 14.7. The molecule has 0 spiro atoms. The first-order valence-corrected chi connectivity index (χ1v) is 8.22. The van der Waals surface area contributed by atoms with Crippen LogP contribution >= 0.6 is 0 Å². The first kappa shape index (κ1) is 18.1. The number of hydrogen-bond donors (Lipinski definition) is 1. The van der Waals surface area contributed by atoms with E-state index in [2.05, 4.69) is 0 Å². The van der Waals surface area contributed by atoms with Gasteiger partial charge in [0, 0.05) is 30.9 Å². The molecule has 0 fully saturated rings. The van der Waals surface area contributed by atoms with Gasteiger partial charge in [-0.15, -0.1) is 0 Å². The Hall–Kier alpha value is -2.74. The van der Waals surface area contributed by atoms with E-state index in [0.717, 1.165) is 12.5 Å². The maximum Gasteiger partial charge on any atom is 0.273 e. The summed E-state index contributed by atoms with van der Waals surface area (Å²) in [5.41, 5.74) is 1.19. The Bertz CT molecular complexity index is 816. The molecule has 1 N–H and O–H groups in total. The van der Waals surface area contributed by atoms with Crippen LogP contribution in [0.4, 0.5) is 20.2 Å². The van der Waals surface area contributed by atoms with Gasteiger partial charge in [0.05, 0.1) is 11.0 Å². The van der Waals surface area contributed by atoms with Crippen LogP contribution in [0.1, 0.15) is 12.0 Å². The van der Waals surface area contributed by atoms with Crippen LogP contribution in [-0.2, 0) is 6.42 Å². The van der Waals surface area contributed by atoms with E-state index in [1.165, 1.54) is 24.3 Å². The van der Waals surface area contributed by atoms with Gasteiger partial charge in [0.1, 0.15) is 18.5 Å². The van der Waals surface area contributed by atoms with Crippen LogP contribution in [0.15, 0.2) is 36.4 Å². The molecule has 6 nitrogen and oxygen atoms in total. The smallest absolute Gasteiger partial charge is 0.273 e. The number of halogens is 2. The first-order chi connectivity index (χ1) is 12.4. The summed E-state index contributed by atoms with van der Waals surface area (Å²) in [4.78, 5) is 12.0. The first-order valence-electron chi connectivity index (χ1n) is 8.22. The lowest BCUT2D eigenvalue weighted by atomic mass is 10.0. The molecule has 3 rings (SSSR count). The third-order valence-electron chi connectivity index (χ3n) is 4.24. The van der Waals surface area contributed by atoms with Gasteiger partial charge in [-0.05, 0) is 30.5 Å². The highest BCUT2D eigenvalue weighted by molar-refractivity contribution is 5.56. The lowest BCUT2D eigenvalue weighted by Gasteiger charge is -2.33. The molecular weight excluding hydrogens is 346 g/mol. The van der Waals surface area contributed by atoms with Crippen molar-refractivity contribution in [1.82, 2.24) is 0 Å². The van der Waals surface area contributed by atoms with Crippen LogP contribution in [-0.4, -0.2) is 35.8 Å². The minimum Gasteiger partial charge on any atom is -0.491 e. The zero-order valence-electron chi connectivity index (χ0n) is 13.9. The molecule has 0 unspecified atom stereocenters. The molecule has 0 saturated carbocycles. The van der Waals surface area contributed by atoms with Crippen molar-refractivity contribution in [1.29, 1.82) is 0 Å². The van der Waals surface area contributed by atoms with Crippen LogP contribution in [0.25, 0.3) is 0 Å². The minimum absolute atomic E-state index is 0.0727. The number of rotatable bonds is 6. The van der Waals surface area contributed by atoms with Gasteiger partial charge in [0.25, 0.3) is 5.69 Å². The number of nitro groups is 1. The number of non-ortho nitro benzene ring substituents is 1. The molecule has 1 aliphatic rings. The number of nitro benzene ring substituents is 1. The average molecular weight is 364 g/mol. The summed E-state index contributed by atoms with van der Waals surface area (Å²) in [5, 5.41) is 21.0. The molecule has 1 atom stereocenters. The Balaban J connectivity index is 1.63. The second-order valence-electron chi connectivity index (χ2n) is 6.16. The topological polar surface area (TPSA) is 75.8 Å². The molecule has 0 radical (unpaired) electrons. The number of ether oxygens (including phenoxy) is 1. The number of nitrogens with zero attached hydrogens (tertiary/aromatic N) is 2. The number of aliphatic hydroxyl groups excluding tert-OH is 1. The second-order valence-corrected chi connectivity index (χ2v) is 6.16. The van der Waals surface area contributed by atoms with E-state index in [1.54, 1.807) is 11.0 Å². The fourth-order valence-electron chi connectivity index (χ4n) is 3.03. The summed E-state index contributed by atoms with van der Waals surface area (Å²) in [5.74, 6) is -1.51. The maximum absolute atomic E-state index is 13.5. The number of aliphatic hydroxyl groups is 1. The van der Waals surface area contributed by atoms with Crippen LogP contribution in [0, 0.1) is 21.7 Å². The maximum atomic E-state index is 13.5. The third-order valence-corrected chi connectivity index (χ3v) is 4.24. The summed E-state index contributed by atoms with van der Waals surface area (Å²) in [6.07, 6.45) is 0.535. The van der Waals surface area contributed by atoms with Gasteiger partial charge in [-0.3, -0.25) is 10.1 Å². The average Bonchev–Trinajstić information content (AvgIpc) is 2.62. The van der Waals surface area contributed by atoms with E-state index in [1.807, 2.05) is 0 Å². The molecule has 0 aliphatic carbocycles. The largest absolute Gasteiger partial charge is 0.491 e. The molecule has 0 aromatic heterocycles. The Morgan fingerprint density at radius 2 is 2.04 bits per heavy atom. The van der Waals surface area contributed by atoms with Gasteiger partial charge in [-0.2, -0.15) is 0 Å². The van der Waals surface area contributed by atoms with Crippen molar-refractivity contribution in [3.05, 3.63) is 63.7 Å². The number of aryl methyl sites for hydroxylation is 1. The molecule has 138 valence electrons. The molecule has 26 heavy (non-hydrogen) atoms. The predicted molar refractivity (Wildman–Crippen MR) is 91.5 cm³/mol. The number of anilines is 1. The predicted octanol–water partition coefficient (Wildman–Crippen LogP) is 3.07. The molecule has 0 bridgehead atoms. The highest BCUT2D eigenvalue weighted by Gasteiger charge is 2.22. The van der Waals surface area contributed by atoms with E-state index in [4.69, 9.17) is 4.74 Å². The van der Waals surface area contributed by atoms with E-state index >= 15 is 0 Å². The van der Waals surface area contributed by atoms with Crippen molar-refractivity contribution in [2.45, 2.75) is 18.9 Å². The third kappa shape index (κ3) is 4.08. The number of benzene rings is 2. The van der Waals surface area contributed by atoms with E-state index in [0.29, 0.717) is 24.2 Å². The molecule has 2 aromatic rings. The fraction of sp³-hybridized carbons (Fsp3) is 0.333. The van der Waals surface area contributed by atoms with Crippen LogP contribution in [0.3, 0.4) is 0 Å². The van der Waals surface area contributed by atoms with Gasteiger partial charge in [0.2, 0.25) is 0 Å². The SMILES string of the molecule is O=[N+]([O-])c1cccc(OC[C@@H](O)CN2CCCc3cc(F)c(F)cc32)c1. The minimum atomic E-state index is -0.919. The Morgan fingerprint density at radius 3 is 2.81 bits per heavy atom. The highest BCUT2D eigenvalue weighted by atomic mass is 19.2. The Labute approximate surface area is 148 Å². The van der Waals surface area contributed by atoms with Crippen molar-refractivity contribution in [2.75, 3.05) is 24.6 Å². The number of fused-ring (bicyclic) bond motifs is 1. The van der Waals surface area contributed by atoms with Crippen LogP contribution in [0.5, 0.6) is 5.75 Å². The van der Waals surface area contributed by atoms with Crippen molar-refractivity contribution in [2.24, 2.45) is 0 Å². The van der Waals surface area contributed by atoms with E-state index in [-0.39, 0.29) is 24.6 Å². The molecule has 8 heteroatoms. The zero-order chi connectivity index (χ0) is 18.7. The number of β-amino-alcohol motifs (C(OH)–C–C–N with tert-alkyl or cyclic N) is 1. The molecule has 1 heterocycles. The fourth-order valence-corrected chi connectivity index (χ4v) is 3.03. The Morgan fingerprint density at radius 1 is 1.27 bits per heavy atom. The molecule has 0 amide bonds. The van der Waals surface area contributed by atoms with Gasteiger partial charge >= 0.3 is 0 Å². The van der Waals surface area contributed by atoms with Crippen molar-refractivity contribution >= 4 is 11.4 Å². The molecular formula is C18H18F2N2O4. The van der Waals surface area contributed by atoms with E-state index in [9.17, 15) is 24.0 Å². The van der Waals surface area contributed by atoms with Crippen molar-refractivity contribution < 1.29 is 23.5 Å². The highest BCUT2D eigenvalue weighted by Crippen LogP contribution is 2.29. The molecule has 2 aromatic carbocycles. The molecule has 0 saturated heterocycles. The summed E-state index contributed by atoms with van der Waals surface area (Å²) in [7, 11) is 0. The number of hydrogen-bond acceptors (Lipinski definition) is 5. The summed E-state index contributed by atoms with van der Waals surface area (Å²) in [6.45, 7) is 0.732. The lowest BCUT2D eigenvalue weighted by Crippen LogP contribution is -2.38. The zero-order valence-corrected chi connectivity index (χ0v) is 13.9. The van der Waals surface area contributed by atoms with Gasteiger partial charge in [0.15, 0.2) is 11.6 Å². The monoisotopic (exact) mass is 364 g/mol. The summed E-state index contributed by atoms with van der Waals surface area (Å²) >= 11 is 0. The summed E-state index contributed by atoms with van der Waals surface area (Å²) < 4.78 is 32.3. The van der Waals surface area contributed by atoms with Crippen LogP contribution < -0.4 is 9.64 Å². The lowest BCUT2D eigenvalue weighted by molar-refractivity contribution is -0.384. The second kappa shape index (κ2) is 7.65. The van der Waals surface area contributed by atoms with Crippen molar-refractivity contribution in [3.8, 4) is 5.75 Å². The van der Waals surface area contributed by atoms with Crippen LogP contribution in [0.2, 0.25) is 0 Å². The van der Waals surface area contributed by atoms with E-state index < -0.39 is 22.7 Å². The van der Waals surface area contributed by atoms with Gasteiger partial charge in [-0.25, -0.2) is 8.78 Å². The Kier molecular flexibility index (Phi) is 5.32. The van der Waals surface area contributed by atoms with Gasteiger partial charge < -0.3 is 14.7 Å². The summed E-state index contributed by atoms with van der Waals surface area (Å²) in [6, 6.07) is 8.04. The standard InChI is InChI=1S/C18H18F2N2O4/c19-16-7-12-3-2-6-21(18(12)9-17(16)20)10-14(23)11-26-15-5-1-4-13(8-15)22(24)25/h1,4-5,7-9,14,23H,2-3,6,10-11H2/t14-/m0/s1.